The Kier molecular flexibility index (Phi) is 6.88. The lowest BCUT2D eigenvalue weighted by atomic mass is 9.70. The fourth-order valence-electron chi connectivity index (χ4n) is 9.80. The molecule has 10 aromatic rings. The van der Waals surface area contributed by atoms with Gasteiger partial charge in [0.1, 0.15) is 11.2 Å². The number of benzene rings is 9. The molecule has 2 aliphatic rings. The van der Waals surface area contributed by atoms with E-state index in [2.05, 4.69) is 217 Å². The topological polar surface area (TPSA) is 16.4 Å². The van der Waals surface area contributed by atoms with Crippen molar-refractivity contribution in [2.75, 3.05) is 4.90 Å². The van der Waals surface area contributed by atoms with E-state index in [1.165, 1.54) is 66.8 Å². The van der Waals surface area contributed by atoms with Crippen LogP contribution in [0.25, 0.3) is 66.4 Å². The van der Waals surface area contributed by atoms with E-state index < -0.39 is 5.41 Å². The predicted octanol–water partition coefficient (Wildman–Crippen LogP) is 14.7. The molecule has 0 amide bonds. The van der Waals surface area contributed by atoms with Crippen LogP contribution in [0.5, 0.6) is 0 Å². The van der Waals surface area contributed by atoms with Crippen molar-refractivity contribution in [1.82, 2.24) is 0 Å². The first-order valence-electron chi connectivity index (χ1n) is 19.7. The lowest BCUT2D eigenvalue weighted by Gasteiger charge is -2.32. The van der Waals surface area contributed by atoms with Gasteiger partial charge in [0.15, 0.2) is 0 Å². The minimum atomic E-state index is -0.527. The van der Waals surface area contributed by atoms with Crippen LogP contribution in [0, 0.1) is 0 Å². The second kappa shape index (κ2) is 12.3. The SMILES string of the molecule is c1ccc(-c2ccc(N(c3ccc(-c4ccccc4)cc3)c3ccc4c(c3)C3(c5ccccc5-c5ccccc53)c3cc5oc6ccccc6c5cc3-4)cc2)cc1. The molecule has 2 nitrogen and oxygen atoms in total. The van der Waals surface area contributed by atoms with Gasteiger partial charge in [0.25, 0.3) is 0 Å². The van der Waals surface area contributed by atoms with Gasteiger partial charge in [-0.1, -0.05) is 158 Å². The highest BCUT2D eigenvalue weighted by atomic mass is 16.3. The maximum atomic E-state index is 6.61. The molecule has 266 valence electrons. The first kappa shape index (κ1) is 31.9. The fraction of sp³-hybridized carbons (Fsp3) is 0.0182. The van der Waals surface area contributed by atoms with Crippen LogP contribution in [0.4, 0.5) is 17.1 Å². The third-order valence-electron chi connectivity index (χ3n) is 12.3. The van der Waals surface area contributed by atoms with E-state index in [0.717, 1.165) is 39.0 Å². The molecule has 12 rings (SSSR count). The molecule has 2 aliphatic carbocycles. The molecular formula is C55H35NO. The van der Waals surface area contributed by atoms with Crippen molar-refractivity contribution in [1.29, 1.82) is 0 Å². The Balaban J connectivity index is 1.10. The molecular weight excluding hydrogens is 691 g/mol. The second-order valence-electron chi connectivity index (χ2n) is 15.2. The van der Waals surface area contributed by atoms with Gasteiger partial charge in [-0.15, -0.1) is 0 Å². The molecule has 0 aliphatic heterocycles. The summed E-state index contributed by atoms with van der Waals surface area (Å²) in [6.07, 6.45) is 0. The number of para-hydroxylation sites is 1. The summed E-state index contributed by atoms with van der Waals surface area (Å²) in [5.41, 5.74) is 19.7. The number of nitrogens with zero attached hydrogens (tertiary/aromatic N) is 1. The molecule has 0 saturated carbocycles. The lowest BCUT2D eigenvalue weighted by molar-refractivity contribution is 0.666. The smallest absolute Gasteiger partial charge is 0.135 e. The molecule has 1 heterocycles. The zero-order valence-corrected chi connectivity index (χ0v) is 31.1. The van der Waals surface area contributed by atoms with Gasteiger partial charge in [-0.2, -0.15) is 0 Å². The van der Waals surface area contributed by atoms with Gasteiger partial charge in [0, 0.05) is 27.8 Å². The Labute approximate surface area is 331 Å². The second-order valence-corrected chi connectivity index (χ2v) is 15.2. The van der Waals surface area contributed by atoms with Crippen molar-refractivity contribution in [3.8, 4) is 44.5 Å². The van der Waals surface area contributed by atoms with Crippen LogP contribution >= 0.6 is 0 Å². The Bertz CT molecular complexity index is 3030. The summed E-state index contributed by atoms with van der Waals surface area (Å²) in [4.78, 5) is 2.41. The van der Waals surface area contributed by atoms with E-state index in [1.807, 2.05) is 0 Å². The van der Waals surface area contributed by atoms with Crippen LogP contribution in [-0.4, -0.2) is 0 Å². The third-order valence-corrected chi connectivity index (χ3v) is 12.3. The van der Waals surface area contributed by atoms with Crippen molar-refractivity contribution >= 4 is 39.0 Å². The van der Waals surface area contributed by atoms with Crippen LogP contribution in [0.2, 0.25) is 0 Å². The third kappa shape index (κ3) is 4.65. The molecule has 0 saturated heterocycles. The monoisotopic (exact) mass is 725 g/mol. The summed E-state index contributed by atoms with van der Waals surface area (Å²) in [5.74, 6) is 0. The van der Waals surface area contributed by atoms with Crippen LogP contribution in [0.3, 0.4) is 0 Å². The van der Waals surface area contributed by atoms with E-state index in [-0.39, 0.29) is 0 Å². The maximum Gasteiger partial charge on any atom is 0.135 e. The van der Waals surface area contributed by atoms with Crippen molar-refractivity contribution in [2.24, 2.45) is 0 Å². The van der Waals surface area contributed by atoms with Gasteiger partial charge in [0.2, 0.25) is 0 Å². The minimum Gasteiger partial charge on any atom is -0.456 e. The number of fused-ring (bicyclic) bond motifs is 13. The molecule has 0 bridgehead atoms. The highest BCUT2D eigenvalue weighted by Gasteiger charge is 2.52. The van der Waals surface area contributed by atoms with Gasteiger partial charge in [-0.05, 0) is 121 Å². The maximum absolute atomic E-state index is 6.61. The van der Waals surface area contributed by atoms with Gasteiger partial charge < -0.3 is 9.32 Å². The highest BCUT2D eigenvalue weighted by Crippen LogP contribution is 2.64. The Morgan fingerprint density at radius 1 is 0.298 bits per heavy atom. The largest absolute Gasteiger partial charge is 0.456 e. The first-order chi connectivity index (χ1) is 28.3. The molecule has 0 radical (unpaired) electrons. The van der Waals surface area contributed by atoms with Crippen LogP contribution in [-0.2, 0) is 5.41 Å². The molecule has 1 spiro atoms. The molecule has 0 N–H and O–H groups in total. The van der Waals surface area contributed by atoms with E-state index in [1.54, 1.807) is 0 Å². The number of anilines is 3. The van der Waals surface area contributed by atoms with Crippen molar-refractivity contribution < 1.29 is 4.42 Å². The van der Waals surface area contributed by atoms with Gasteiger partial charge in [-0.25, -0.2) is 0 Å². The molecule has 0 unspecified atom stereocenters. The van der Waals surface area contributed by atoms with Crippen molar-refractivity contribution in [2.45, 2.75) is 5.41 Å². The quantitative estimate of drug-likeness (QED) is 0.176. The number of hydrogen-bond acceptors (Lipinski definition) is 2. The molecule has 0 atom stereocenters. The zero-order valence-electron chi connectivity index (χ0n) is 31.1. The minimum absolute atomic E-state index is 0.527. The van der Waals surface area contributed by atoms with E-state index >= 15 is 0 Å². The normalized spacial score (nSPS) is 13.1. The average Bonchev–Trinajstić information content (AvgIpc) is 3.90. The number of hydrogen-bond donors (Lipinski definition) is 0. The Morgan fingerprint density at radius 2 is 0.772 bits per heavy atom. The summed E-state index contributed by atoms with van der Waals surface area (Å²) in [6.45, 7) is 0. The van der Waals surface area contributed by atoms with E-state index in [4.69, 9.17) is 4.42 Å². The highest BCUT2D eigenvalue weighted by molar-refractivity contribution is 6.09. The number of rotatable bonds is 5. The van der Waals surface area contributed by atoms with Gasteiger partial charge in [-0.3, -0.25) is 0 Å². The number of furan rings is 1. The standard InChI is InChI=1S/C55H35NO/c1-3-13-36(14-4-1)38-23-27-40(28-24-38)56(41-29-25-39(26-30-41)37-15-5-2-6-16-37)42-31-32-45-47-34-48-46-19-9-12-22-53(46)57-54(48)35-52(47)55(51(45)33-42)49-20-10-7-17-43(49)44-18-8-11-21-50(44)55/h1-35H. The summed E-state index contributed by atoms with van der Waals surface area (Å²) < 4.78 is 6.61. The van der Waals surface area contributed by atoms with E-state index in [9.17, 15) is 0 Å². The molecule has 0 fully saturated rings. The molecule has 1 aromatic heterocycles. The Morgan fingerprint density at radius 3 is 1.39 bits per heavy atom. The summed E-state index contributed by atoms with van der Waals surface area (Å²) in [6, 6.07) is 77.4. The lowest BCUT2D eigenvalue weighted by Crippen LogP contribution is -2.26. The van der Waals surface area contributed by atoms with Crippen LogP contribution in [0.15, 0.2) is 217 Å². The van der Waals surface area contributed by atoms with Crippen molar-refractivity contribution in [3.05, 3.63) is 235 Å². The van der Waals surface area contributed by atoms with E-state index in [0.29, 0.717) is 0 Å². The fourth-order valence-corrected chi connectivity index (χ4v) is 9.80. The summed E-state index contributed by atoms with van der Waals surface area (Å²) in [7, 11) is 0. The molecule has 9 aromatic carbocycles. The average molecular weight is 726 g/mol. The zero-order chi connectivity index (χ0) is 37.5. The summed E-state index contributed by atoms with van der Waals surface area (Å²) in [5, 5.41) is 2.29. The van der Waals surface area contributed by atoms with Crippen LogP contribution < -0.4 is 4.90 Å². The van der Waals surface area contributed by atoms with Crippen LogP contribution in [0.1, 0.15) is 22.3 Å². The Hall–Kier alpha value is -7.42. The first-order valence-corrected chi connectivity index (χ1v) is 19.7. The van der Waals surface area contributed by atoms with Gasteiger partial charge in [0.05, 0.1) is 5.41 Å². The predicted molar refractivity (Wildman–Crippen MR) is 236 cm³/mol. The summed E-state index contributed by atoms with van der Waals surface area (Å²) >= 11 is 0. The van der Waals surface area contributed by atoms with Gasteiger partial charge >= 0.3 is 0 Å². The van der Waals surface area contributed by atoms with Crippen molar-refractivity contribution in [3.63, 3.8) is 0 Å². The molecule has 57 heavy (non-hydrogen) atoms. The molecule has 2 heteroatoms.